The average Bonchev–Trinajstić information content (AvgIpc) is 3.99. The summed E-state index contributed by atoms with van der Waals surface area (Å²) in [5.41, 5.74) is -1.64. The number of nitrogens with one attached hydrogen (secondary N) is 3. The van der Waals surface area contributed by atoms with Crippen molar-refractivity contribution < 1.29 is 51.0 Å². The fraction of sp³-hybridized carbons (Fsp3) is 0.568. The zero-order valence-corrected chi connectivity index (χ0v) is 31.9. The SMILES string of the molecule is C=CC(=O)N1C/C=C\C2C[C@@]2(C(=O)NS(=O)(=O)C2CC2)NC(=O)C2C[C@@H](OC(=O)N3Cc4cccc(F)c4C3)CN2C(=O)C(NC(=O)OC(C)(C)C)CCC1. The third-order valence-corrected chi connectivity index (χ3v) is 12.2. The first-order chi connectivity index (χ1) is 25.9. The van der Waals surface area contributed by atoms with Crippen molar-refractivity contribution in [2.24, 2.45) is 5.92 Å². The van der Waals surface area contributed by atoms with Gasteiger partial charge in [-0.05, 0) is 70.6 Å². The van der Waals surface area contributed by atoms with Crippen molar-refractivity contribution in [3.63, 3.8) is 0 Å². The lowest BCUT2D eigenvalue weighted by atomic mass is 10.1. The van der Waals surface area contributed by atoms with Crippen LogP contribution in [0, 0.1) is 11.7 Å². The van der Waals surface area contributed by atoms with Crippen molar-refractivity contribution in [1.82, 2.24) is 30.1 Å². The molecule has 3 aliphatic heterocycles. The highest BCUT2D eigenvalue weighted by molar-refractivity contribution is 7.91. The van der Waals surface area contributed by atoms with E-state index in [0.717, 1.165) is 6.08 Å². The summed E-state index contributed by atoms with van der Waals surface area (Å²) in [5, 5.41) is 4.61. The number of ether oxygens (including phenoxy) is 2. The van der Waals surface area contributed by atoms with E-state index in [1.807, 2.05) is 0 Å². The van der Waals surface area contributed by atoms with E-state index in [1.165, 1.54) is 20.8 Å². The Balaban J connectivity index is 1.29. The van der Waals surface area contributed by atoms with Gasteiger partial charge in [0, 0.05) is 37.5 Å². The molecule has 3 N–H and O–H groups in total. The summed E-state index contributed by atoms with van der Waals surface area (Å²) in [6.45, 7) is 8.52. The summed E-state index contributed by atoms with van der Waals surface area (Å²) in [6.07, 6.45) is 2.57. The molecule has 2 saturated carbocycles. The molecular weight excluding hydrogens is 740 g/mol. The van der Waals surface area contributed by atoms with Gasteiger partial charge in [-0.15, -0.1) is 0 Å². The van der Waals surface area contributed by atoms with Crippen molar-refractivity contribution in [1.29, 1.82) is 0 Å². The third-order valence-electron chi connectivity index (χ3n) is 10.4. The minimum atomic E-state index is -4.01. The van der Waals surface area contributed by atoms with E-state index in [1.54, 1.807) is 45.1 Å². The number of benzene rings is 1. The van der Waals surface area contributed by atoms with Crippen LogP contribution in [0.2, 0.25) is 0 Å². The van der Waals surface area contributed by atoms with Crippen LogP contribution in [-0.2, 0) is 51.8 Å². The molecular formula is C37H47FN6O10S. The van der Waals surface area contributed by atoms with Crippen LogP contribution in [-0.4, -0.2) is 113 Å². The molecule has 3 fully saturated rings. The second-order valence-electron chi connectivity index (χ2n) is 15.7. The van der Waals surface area contributed by atoms with Gasteiger partial charge in [-0.1, -0.05) is 30.9 Å². The van der Waals surface area contributed by atoms with E-state index in [4.69, 9.17) is 9.47 Å². The summed E-state index contributed by atoms with van der Waals surface area (Å²) in [6, 6.07) is 1.96. The summed E-state index contributed by atoms with van der Waals surface area (Å²) in [5.74, 6) is -3.97. The Morgan fingerprint density at radius 2 is 1.84 bits per heavy atom. The van der Waals surface area contributed by atoms with Crippen LogP contribution >= 0.6 is 0 Å². The number of alkyl carbamates (subject to hydrolysis) is 1. The molecule has 3 unspecified atom stereocenters. The van der Waals surface area contributed by atoms with Gasteiger partial charge < -0.3 is 29.9 Å². The van der Waals surface area contributed by atoms with Crippen molar-refractivity contribution in [2.45, 2.75) is 107 Å². The van der Waals surface area contributed by atoms with Crippen molar-refractivity contribution in [3.05, 3.63) is 60.0 Å². The fourth-order valence-corrected chi connectivity index (χ4v) is 8.60. The van der Waals surface area contributed by atoms with Crippen molar-refractivity contribution in [3.8, 4) is 0 Å². The number of nitrogens with zero attached hydrogens (tertiary/aromatic N) is 3. The quantitative estimate of drug-likeness (QED) is 0.283. The minimum absolute atomic E-state index is 0.0175. The van der Waals surface area contributed by atoms with Crippen LogP contribution in [0.5, 0.6) is 0 Å². The predicted octanol–water partition coefficient (Wildman–Crippen LogP) is 1.99. The molecule has 0 radical (unpaired) electrons. The highest BCUT2D eigenvalue weighted by Gasteiger charge is 2.62. The molecule has 6 amide bonds. The van der Waals surface area contributed by atoms with E-state index in [2.05, 4.69) is 21.9 Å². The van der Waals surface area contributed by atoms with Crippen molar-refractivity contribution >= 4 is 45.8 Å². The van der Waals surface area contributed by atoms with Crippen LogP contribution in [0.4, 0.5) is 14.0 Å². The number of halogens is 1. The Bertz CT molecular complexity index is 1910. The Labute approximate surface area is 318 Å². The molecule has 0 bridgehead atoms. The lowest BCUT2D eigenvalue weighted by molar-refractivity contribution is -0.141. The molecule has 2 aliphatic carbocycles. The number of carbonyl (C=O) groups is 6. The number of carbonyl (C=O) groups excluding carboxylic acids is 6. The first kappa shape index (κ1) is 39.7. The van der Waals surface area contributed by atoms with Gasteiger partial charge in [-0.3, -0.25) is 28.8 Å². The number of amides is 6. The maximum absolute atomic E-state index is 14.5. The largest absolute Gasteiger partial charge is 0.444 e. The van der Waals surface area contributed by atoms with Crippen LogP contribution in [0.3, 0.4) is 0 Å². The molecule has 5 aliphatic rings. The Kier molecular flexibility index (Phi) is 11.0. The van der Waals surface area contributed by atoms with Gasteiger partial charge in [-0.2, -0.15) is 0 Å². The smallest absolute Gasteiger partial charge is 0.410 e. The fourth-order valence-electron chi connectivity index (χ4n) is 7.24. The Morgan fingerprint density at radius 3 is 2.51 bits per heavy atom. The Hall–Kier alpha value is -5.00. The zero-order chi connectivity index (χ0) is 39.9. The van der Waals surface area contributed by atoms with Gasteiger partial charge in [0.15, 0.2) is 0 Å². The summed E-state index contributed by atoms with van der Waals surface area (Å²) in [7, 11) is -4.01. The lowest BCUT2D eigenvalue weighted by Gasteiger charge is -2.30. The highest BCUT2D eigenvalue weighted by atomic mass is 32.2. The van der Waals surface area contributed by atoms with Crippen molar-refractivity contribution in [2.75, 3.05) is 19.6 Å². The van der Waals surface area contributed by atoms with Crippen LogP contribution in [0.1, 0.15) is 70.4 Å². The van der Waals surface area contributed by atoms with Gasteiger partial charge in [0.2, 0.25) is 27.7 Å². The normalized spacial score (nSPS) is 27.6. The molecule has 1 aromatic rings. The first-order valence-corrected chi connectivity index (χ1v) is 19.9. The molecule has 1 aromatic carbocycles. The molecule has 18 heteroatoms. The molecule has 16 nitrogen and oxygen atoms in total. The minimum Gasteiger partial charge on any atom is -0.444 e. The summed E-state index contributed by atoms with van der Waals surface area (Å²) in [4.78, 5) is 85.6. The van der Waals surface area contributed by atoms with Crippen LogP contribution < -0.4 is 15.4 Å². The van der Waals surface area contributed by atoms with Gasteiger partial charge in [0.25, 0.3) is 5.91 Å². The van der Waals surface area contributed by atoms with Gasteiger partial charge in [-0.25, -0.2) is 22.4 Å². The zero-order valence-electron chi connectivity index (χ0n) is 31.0. The van der Waals surface area contributed by atoms with Gasteiger partial charge >= 0.3 is 12.2 Å². The second kappa shape index (κ2) is 15.3. The summed E-state index contributed by atoms with van der Waals surface area (Å²) < 4.78 is 53.5. The molecule has 1 saturated heterocycles. The summed E-state index contributed by atoms with van der Waals surface area (Å²) >= 11 is 0. The number of rotatable bonds is 6. The number of hydrogen-bond donors (Lipinski definition) is 3. The maximum atomic E-state index is 14.5. The monoisotopic (exact) mass is 786 g/mol. The molecule has 5 atom stereocenters. The van der Waals surface area contributed by atoms with E-state index in [-0.39, 0.29) is 58.4 Å². The molecule has 55 heavy (non-hydrogen) atoms. The molecule has 0 aromatic heterocycles. The topological polar surface area (TPSA) is 201 Å². The third kappa shape index (κ3) is 8.95. The molecule has 6 rings (SSSR count). The van der Waals surface area contributed by atoms with E-state index >= 15 is 0 Å². The first-order valence-electron chi connectivity index (χ1n) is 18.4. The molecule has 0 spiro atoms. The number of fused-ring (bicyclic) bond motifs is 3. The lowest BCUT2D eigenvalue weighted by Crippen LogP contribution is -2.58. The number of sulfonamides is 1. The number of hydrogen-bond acceptors (Lipinski definition) is 10. The molecule has 298 valence electrons. The van der Waals surface area contributed by atoms with Gasteiger partial charge in [0.05, 0.1) is 18.3 Å². The van der Waals surface area contributed by atoms with Crippen LogP contribution in [0.15, 0.2) is 43.0 Å². The predicted molar refractivity (Wildman–Crippen MR) is 193 cm³/mol. The highest BCUT2D eigenvalue weighted by Crippen LogP contribution is 2.46. The Morgan fingerprint density at radius 1 is 1.09 bits per heavy atom. The van der Waals surface area contributed by atoms with E-state index in [0.29, 0.717) is 24.0 Å². The van der Waals surface area contributed by atoms with E-state index in [9.17, 15) is 41.6 Å². The second-order valence-corrected chi connectivity index (χ2v) is 17.6. The maximum Gasteiger partial charge on any atom is 0.410 e. The standard InChI is InChI=1S/C37H47FN6O10S/c1-5-30(45)42-15-7-10-23-18-37(23,33(48)41-55(51,52)25-13-14-25)40-31(46)29-17-24(53-35(50)43-19-22-9-6-11-27(38)26(22)21-43)20-44(29)32(47)28(12-8-16-42)39-34(49)54-36(2,3)4/h5-7,9-11,23-25,28-29H,1,8,12-21H2,2-4H3,(H,39,49)(H,40,46)(H,41,48)/b10-7-/t23?,24-,28?,29?,37-/m1/s1. The van der Waals surface area contributed by atoms with Gasteiger partial charge in [0.1, 0.15) is 35.1 Å². The molecule has 3 heterocycles. The van der Waals surface area contributed by atoms with E-state index < -0.39 is 92.2 Å². The average molecular weight is 787 g/mol. The van der Waals surface area contributed by atoms with Crippen LogP contribution in [0.25, 0.3) is 0 Å².